The summed E-state index contributed by atoms with van der Waals surface area (Å²) < 4.78 is 22.0. The summed E-state index contributed by atoms with van der Waals surface area (Å²) in [6.07, 6.45) is 1.60. The van der Waals surface area contributed by atoms with Crippen molar-refractivity contribution in [3.63, 3.8) is 0 Å². The van der Waals surface area contributed by atoms with E-state index in [2.05, 4.69) is 10.3 Å². The van der Waals surface area contributed by atoms with E-state index in [1.807, 2.05) is 42.5 Å². The van der Waals surface area contributed by atoms with Crippen molar-refractivity contribution in [2.24, 2.45) is 0 Å². The Bertz CT molecular complexity index is 1990. The first kappa shape index (κ1) is 27.3. The standard InChI is InChI=1S/C33H25FN6O3/c1-43-29(41)18-20-7-5-10-22(17-20)33(42)39-27-13-12-23(19-25(27)34)40-31(24-11-6-16-36-30(24)35)38-28-15-14-26(37-32(28)40)21-8-3-2-4-9-21/h2-17,19H,18H2,1H3,(H2,35,36)(H,39,42). The number of fused-ring (bicyclic) bond motifs is 1. The van der Waals surface area contributed by atoms with Crippen LogP contribution >= 0.6 is 0 Å². The molecule has 0 saturated heterocycles. The first-order valence-corrected chi connectivity index (χ1v) is 13.3. The summed E-state index contributed by atoms with van der Waals surface area (Å²) in [7, 11) is 1.30. The number of benzene rings is 3. The van der Waals surface area contributed by atoms with Gasteiger partial charge >= 0.3 is 5.97 Å². The van der Waals surface area contributed by atoms with E-state index in [0.29, 0.717) is 33.8 Å². The van der Waals surface area contributed by atoms with E-state index in [9.17, 15) is 9.59 Å². The molecule has 0 unspecified atom stereocenters. The van der Waals surface area contributed by atoms with Gasteiger partial charge in [0.15, 0.2) is 11.5 Å². The van der Waals surface area contributed by atoms with Gasteiger partial charge in [-0.25, -0.2) is 19.3 Å². The van der Waals surface area contributed by atoms with Crippen molar-refractivity contribution in [2.75, 3.05) is 18.2 Å². The molecule has 3 aromatic carbocycles. The Morgan fingerprint density at radius 3 is 2.53 bits per heavy atom. The van der Waals surface area contributed by atoms with Crippen LogP contribution < -0.4 is 11.1 Å². The Morgan fingerprint density at radius 2 is 1.77 bits per heavy atom. The summed E-state index contributed by atoms with van der Waals surface area (Å²) >= 11 is 0. The number of carbonyl (C=O) groups is 2. The summed E-state index contributed by atoms with van der Waals surface area (Å²) in [5.41, 5.74) is 10.8. The second-order valence-electron chi connectivity index (χ2n) is 9.68. The quantitative estimate of drug-likeness (QED) is 0.230. The van der Waals surface area contributed by atoms with Crippen molar-refractivity contribution in [2.45, 2.75) is 6.42 Å². The molecular weight excluding hydrogens is 547 g/mol. The Morgan fingerprint density at radius 1 is 0.930 bits per heavy atom. The number of amides is 1. The molecule has 0 aliphatic rings. The molecule has 9 nitrogen and oxygen atoms in total. The molecule has 3 N–H and O–H groups in total. The van der Waals surface area contributed by atoms with Crippen molar-refractivity contribution >= 4 is 34.5 Å². The van der Waals surface area contributed by atoms with Crippen molar-refractivity contribution in [3.05, 3.63) is 120 Å². The van der Waals surface area contributed by atoms with Gasteiger partial charge in [-0.15, -0.1) is 0 Å². The summed E-state index contributed by atoms with van der Waals surface area (Å²) in [4.78, 5) is 38.5. The third-order valence-electron chi connectivity index (χ3n) is 6.88. The Hall–Kier alpha value is -5.90. The van der Waals surface area contributed by atoms with Gasteiger partial charge in [-0.3, -0.25) is 14.2 Å². The van der Waals surface area contributed by atoms with Gasteiger partial charge < -0.3 is 15.8 Å². The van der Waals surface area contributed by atoms with E-state index in [4.69, 9.17) is 20.4 Å². The molecule has 1 amide bonds. The molecule has 0 bridgehead atoms. The zero-order valence-electron chi connectivity index (χ0n) is 23.0. The highest BCUT2D eigenvalue weighted by molar-refractivity contribution is 6.04. The third kappa shape index (κ3) is 5.53. The van der Waals surface area contributed by atoms with Gasteiger partial charge in [-0.2, -0.15) is 0 Å². The second kappa shape index (κ2) is 11.5. The molecule has 212 valence electrons. The predicted octanol–water partition coefficient (Wildman–Crippen LogP) is 5.84. The number of rotatable bonds is 7. The van der Waals surface area contributed by atoms with Gasteiger partial charge in [0.05, 0.1) is 36.2 Å². The molecule has 6 rings (SSSR count). The van der Waals surface area contributed by atoms with Crippen molar-refractivity contribution in [1.29, 1.82) is 0 Å². The highest BCUT2D eigenvalue weighted by Crippen LogP contribution is 2.32. The van der Waals surface area contributed by atoms with Crippen LogP contribution in [0.4, 0.5) is 15.9 Å². The molecule has 0 aliphatic carbocycles. The minimum absolute atomic E-state index is 0.0167. The smallest absolute Gasteiger partial charge is 0.309 e. The van der Waals surface area contributed by atoms with E-state index in [-0.39, 0.29) is 23.5 Å². The molecule has 3 aromatic heterocycles. The van der Waals surface area contributed by atoms with Crippen LogP contribution in [0, 0.1) is 5.82 Å². The van der Waals surface area contributed by atoms with Gasteiger partial charge in [0.2, 0.25) is 0 Å². The van der Waals surface area contributed by atoms with E-state index in [0.717, 1.165) is 11.3 Å². The number of ether oxygens (including phenoxy) is 1. The van der Waals surface area contributed by atoms with E-state index in [1.54, 1.807) is 53.2 Å². The number of anilines is 2. The molecule has 0 radical (unpaired) electrons. The number of carbonyl (C=O) groups excluding carboxylic acids is 2. The fourth-order valence-corrected chi connectivity index (χ4v) is 4.76. The van der Waals surface area contributed by atoms with Gasteiger partial charge in [-0.1, -0.05) is 42.5 Å². The summed E-state index contributed by atoms with van der Waals surface area (Å²) in [5.74, 6) is -0.908. The number of nitrogens with one attached hydrogen (secondary N) is 1. The van der Waals surface area contributed by atoms with Gasteiger partial charge in [-0.05, 0) is 54.1 Å². The van der Waals surface area contributed by atoms with Crippen molar-refractivity contribution in [1.82, 2.24) is 19.5 Å². The van der Waals surface area contributed by atoms with Crippen molar-refractivity contribution < 1.29 is 18.7 Å². The lowest BCUT2D eigenvalue weighted by molar-refractivity contribution is -0.139. The summed E-state index contributed by atoms with van der Waals surface area (Å²) in [6.45, 7) is 0. The SMILES string of the molecule is COC(=O)Cc1cccc(C(=O)Nc2ccc(-n3c(-c4cccnc4N)nc4ccc(-c5ccccc5)nc43)cc2F)c1. The third-order valence-corrected chi connectivity index (χ3v) is 6.88. The molecule has 0 spiro atoms. The van der Waals surface area contributed by atoms with Gasteiger partial charge in [0.1, 0.15) is 17.2 Å². The highest BCUT2D eigenvalue weighted by atomic mass is 19.1. The maximum absolute atomic E-state index is 15.6. The number of aromatic nitrogens is 4. The minimum atomic E-state index is -0.664. The molecule has 3 heterocycles. The van der Waals surface area contributed by atoms with Crippen LogP contribution in [0.15, 0.2) is 103 Å². The number of nitrogens with zero attached hydrogens (tertiary/aromatic N) is 4. The van der Waals surface area contributed by atoms with Crippen LogP contribution in [0.1, 0.15) is 15.9 Å². The Balaban J connectivity index is 1.40. The number of hydrogen-bond acceptors (Lipinski definition) is 7. The first-order valence-electron chi connectivity index (χ1n) is 13.3. The normalized spacial score (nSPS) is 10.9. The van der Waals surface area contributed by atoms with E-state index >= 15 is 4.39 Å². The number of methoxy groups -OCH3 is 1. The Labute approximate surface area is 245 Å². The van der Waals surface area contributed by atoms with E-state index in [1.165, 1.54) is 19.2 Å². The topological polar surface area (TPSA) is 125 Å². The van der Waals surface area contributed by atoms with Crippen LogP contribution in [0.25, 0.3) is 39.5 Å². The zero-order chi connectivity index (χ0) is 29.9. The molecule has 0 saturated carbocycles. The van der Waals surface area contributed by atoms with Gasteiger partial charge in [0.25, 0.3) is 5.91 Å². The summed E-state index contributed by atoms with van der Waals surface area (Å²) in [5, 5.41) is 2.62. The van der Waals surface area contributed by atoms with Crippen LogP contribution in [-0.2, 0) is 16.0 Å². The fraction of sp³-hybridized carbons (Fsp3) is 0.0606. The van der Waals surface area contributed by atoms with Crippen LogP contribution in [0.5, 0.6) is 0 Å². The number of pyridine rings is 2. The van der Waals surface area contributed by atoms with E-state index < -0.39 is 17.7 Å². The number of esters is 1. The lowest BCUT2D eigenvalue weighted by atomic mass is 10.1. The first-order chi connectivity index (χ1) is 20.9. The summed E-state index contributed by atoms with van der Waals surface area (Å²) in [6, 6.07) is 27.9. The predicted molar refractivity (Wildman–Crippen MR) is 162 cm³/mol. The lowest BCUT2D eigenvalue weighted by Crippen LogP contribution is -2.14. The fourth-order valence-electron chi connectivity index (χ4n) is 4.76. The molecular formula is C33H25FN6O3. The zero-order valence-corrected chi connectivity index (χ0v) is 23.0. The number of nitrogens with two attached hydrogens (primary N) is 1. The van der Waals surface area contributed by atoms with Crippen LogP contribution in [0.2, 0.25) is 0 Å². The monoisotopic (exact) mass is 572 g/mol. The maximum Gasteiger partial charge on any atom is 0.309 e. The molecule has 43 heavy (non-hydrogen) atoms. The molecule has 0 aliphatic heterocycles. The number of nitrogen functional groups attached to an aromatic ring is 1. The minimum Gasteiger partial charge on any atom is -0.469 e. The Kier molecular flexibility index (Phi) is 7.32. The number of imidazole rings is 1. The maximum atomic E-state index is 15.6. The molecule has 6 aromatic rings. The molecule has 0 atom stereocenters. The lowest BCUT2D eigenvalue weighted by Gasteiger charge is -2.13. The second-order valence-corrected chi connectivity index (χ2v) is 9.68. The molecule has 10 heteroatoms. The average molecular weight is 573 g/mol. The highest BCUT2D eigenvalue weighted by Gasteiger charge is 2.20. The van der Waals surface area contributed by atoms with Crippen molar-refractivity contribution in [3.8, 4) is 28.3 Å². The molecule has 0 fully saturated rings. The van der Waals surface area contributed by atoms with Crippen LogP contribution in [-0.4, -0.2) is 38.5 Å². The average Bonchev–Trinajstić information content (AvgIpc) is 3.41. The number of hydrogen-bond donors (Lipinski definition) is 2. The number of halogens is 1. The van der Waals surface area contributed by atoms with Crippen LogP contribution in [0.3, 0.4) is 0 Å². The van der Waals surface area contributed by atoms with Gasteiger partial charge in [0, 0.05) is 23.4 Å². The largest absolute Gasteiger partial charge is 0.469 e.